The summed E-state index contributed by atoms with van der Waals surface area (Å²) in [6, 6.07) is 7.05. The molecule has 7 heteroatoms. The van der Waals surface area contributed by atoms with Crippen molar-refractivity contribution >= 4 is 17.8 Å². The van der Waals surface area contributed by atoms with Crippen molar-refractivity contribution in [2.24, 2.45) is 0 Å². The maximum atomic E-state index is 12.5. The van der Waals surface area contributed by atoms with Crippen molar-refractivity contribution in [2.75, 3.05) is 34.5 Å². The van der Waals surface area contributed by atoms with E-state index in [0.717, 1.165) is 11.4 Å². The van der Waals surface area contributed by atoms with Gasteiger partial charge in [-0.3, -0.25) is 4.79 Å². The molecule has 0 aliphatic rings. The summed E-state index contributed by atoms with van der Waals surface area (Å²) < 4.78 is 22.7. The molecule has 7 nitrogen and oxygen atoms in total. The second-order valence-corrected chi connectivity index (χ2v) is 6.40. The Balaban J connectivity index is 2.01. The van der Waals surface area contributed by atoms with Crippen molar-refractivity contribution in [3.8, 4) is 11.5 Å². The number of aryl methyl sites for hydroxylation is 1. The van der Waals surface area contributed by atoms with Crippen molar-refractivity contribution in [3.63, 3.8) is 0 Å². The predicted octanol–water partition coefficient (Wildman–Crippen LogP) is 3.21. The van der Waals surface area contributed by atoms with Gasteiger partial charge < -0.3 is 23.5 Å². The third-order valence-corrected chi connectivity index (χ3v) is 4.57. The monoisotopic (exact) mass is 401 g/mol. The summed E-state index contributed by atoms with van der Waals surface area (Å²) in [6.07, 6.45) is 2.82. The molecule has 0 aliphatic carbocycles. The van der Waals surface area contributed by atoms with E-state index in [1.54, 1.807) is 51.7 Å². The summed E-state index contributed by atoms with van der Waals surface area (Å²) in [4.78, 5) is 24.5. The van der Waals surface area contributed by atoms with Crippen LogP contribution >= 0.6 is 0 Å². The first-order valence-corrected chi connectivity index (χ1v) is 9.17. The van der Waals surface area contributed by atoms with Crippen LogP contribution in [0.3, 0.4) is 0 Å². The van der Waals surface area contributed by atoms with Crippen LogP contribution in [0, 0.1) is 13.8 Å². The SMILES string of the molecule is COCCn1c(C)cc(C(=O)COC(=O)/C=C/c2cc(OC)ccc2OC)c1C. The Morgan fingerprint density at radius 1 is 1.07 bits per heavy atom. The van der Waals surface area contributed by atoms with Crippen LogP contribution in [0.1, 0.15) is 27.3 Å². The number of ether oxygens (including phenoxy) is 4. The molecule has 2 aromatic rings. The lowest BCUT2D eigenvalue weighted by Gasteiger charge is -2.09. The van der Waals surface area contributed by atoms with Gasteiger partial charge >= 0.3 is 5.97 Å². The van der Waals surface area contributed by atoms with E-state index in [4.69, 9.17) is 18.9 Å². The summed E-state index contributed by atoms with van der Waals surface area (Å²) in [6.45, 7) is 4.68. The van der Waals surface area contributed by atoms with E-state index in [9.17, 15) is 9.59 Å². The summed E-state index contributed by atoms with van der Waals surface area (Å²) >= 11 is 0. The molecule has 156 valence electrons. The van der Waals surface area contributed by atoms with E-state index in [-0.39, 0.29) is 12.4 Å². The predicted molar refractivity (Wildman–Crippen MR) is 110 cm³/mol. The second-order valence-electron chi connectivity index (χ2n) is 6.40. The molecule has 0 aliphatic heterocycles. The summed E-state index contributed by atoms with van der Waals surface area (Å²) in [7, 11) is 4.73. The number of ketones is 1. The van der Waals surface area contributed by atoms with Crippen molar-refractivity contribution in [1.82, 2.24) is 4.57 Å². The number of Topliss-reactive ketones (excluding diaryl/α,β-unsaturated/α-hetero) is 1. The standard InChI is InChI=1S/C22H27NO6/c1-15-12-19(16(2)23(15)10-11-26-3)20(24)14-29-22(25)9-6-17-13-18(27-4)7-8-21(17)28-5/h6-9,12-13H,10-11,14H2,1-5H3/b9-6+. The molecule has 1 aromatic carbocycles. The van der Waals surface area contributed by atoms with Gasteiger partial charge in [0.2, 0.25) is 5.78 Å². The zero-order valence-electron chi connectivity index (χ0n) is 17.5. The number of carbonyl (C=O) groups is 2. The third kappa shape index (κ3) is 5.71. The van der Waals surface area contributed by atoms with Gasteiger partial charge in [-0.15, -0.1) is 0 Å². The van der Waals surface area contributed by atoms with Gasteiger partial charge in [0.15, 0.2) is 6.61 Å². The Morgan fingerprint density at radius 2 is 1.83 bits per heavy atom. The Morgan fingerprint density at radius 3 is 2.48 bits per heavy atom. The number of benzene rings is 1. The number of esters is 1. The first-order valence-electron chi connectivity index (χ1n) is 9.17. The molecule has 0 saturated heterocycles. The molecule has 0 unspecified atom stereocenters. The van der Waals surface area contributed by atoms with E-state index in [1.165, 1.54) is 6.08 Å². The fourth-order valence-electron chi connectivity index (χ4n) is 3.00. The zero-order valence-corrected chi connectivity index (χ0v) is 17.5. The molecular formula is C22H27NO6. The molecule has 0 atom stereocenters. The summed E-state index contributed by atoms with van der Waals surface area (Å²) in [5, 5.41) is 0. The first-order chi connectivity index (χ1) is 13.9. The fourth-order valence-corrected chi connectivity index (χ4v) is 3.00. The van der Waals surface area contributed by atoms with E-state index < -0.39 is 5.97 Å². The van der Waals surface area contributed by atoms with E-state index in [1.807, 2.05) is 18.4 Å². The first kappa shape index (κ1) is 22.2. The van der Waals surface area contributed by atoms with Crippen molar-refractivity contribution in [2.45, 2.75) is 20.4 Å². The van der Waals surface area contributed by atoms with Crippen LogP contribution in [-0.2, 0) is 20.8 Å². The lowest BCUT2D eigenvalue weighted by Crippen LogP contribution is -2.14. The molecular weight excluding hydrogens is 374 g/mol. The smallest absolute Gasteiger partial charge is 0.331 e. The molecule has 0 spiro atoms. The van der Waals surface area contributed by atoms with Crippen LogP contribution in [0.4, 0.5) is 0 Å². The highest BCUT2D eigenvalue weighted by atomic mass is 16.5. The lowest BCUT2D eigenvalue weighted by atomic mass is 10.1. The Hall–Kier alpha value is -3.06. The van der Waals surface area contributed by atoms with Gasteiger partial charge in [0.25, 0.3) is 0 Å². The van der Waals surface area contributed by atoms with Crippen LogP contribution in [0.2, 0.25) is 0 Å². The molecule has 0 fully saturated rings. The third-order valence-electron chi connectivity index (χ3n) is 4.57. The molecule has 29 heavy (non-hydrogen) atoms. The van der Waals surface area contributed by atoms with E-state index in [0.29, 0.717) is 35.8 Å². The van der Waals surface area contributed by atoms with Crippen molar-refractivity contribution in [1.29, 1.82) is 0 Å². The number of aromatic nitrogens is 1. The average molecular weight is 401 g/mol. The molecule has 0 N–H and O–H groups in total. The fraction of sp³-hybridized carbons (Fsp3) is 0.364. The van der Waals surface area contributed by atoms with E-state index in [2.05, 4.69) is 0 Å². The highest BCUT2D eigenvalue weighted by molar-refractivity contribution is 6.00. The largest absolute Gasteiger partial charge is 0.497 e. The molecule has 2 rings (SSSR count). The Kier molecular flexibility index (Phi) is 8.03. The number of rotatable bonds is 10. The maximum Gasteiger partial charge on any atom is 0.331 e. The Labute approximate surface area is 170 Å². The zero-order chi connectivity index (χ0) is 21.4. The minimum atomic E-state index is -0.614. The molecule has 0 bridgehead atoms. The summed E-state index contributed by atoms with van der Waals surface area (Å²) in [5.74, 6) is 0.367. The van der Waals surface area contributed by atoms with Gasteiger partial charge in [0, 0.05) is 42.2 Å². The molecule has 0 radical (unpaired) electrons. The highest BCUT2D eigenvalue weighted by Gasteiger charge is 2.16. The van der Waals surface area contributed by atoms with E-state index >= 15 is 0 Å². The normalized spacial score (nSPS) is 10.9. The Bertz CT molecular complexity index is 897. The topological polar surface area (TPSA) is 76.0 Å². The van der Waals surface area contributed by atoms with Crippen LogP contribution in [0.5, 0.6) is 11.5 Å². The minimum absolute atomic E-state index is 0.248. The molecule has 1 aromatic heterocycles. The quantitative estimate of drug-likeness (QED) is 0.346. The van der Waals surface area contributed by atoms with Gasteiger partial charge in [-0.25, -0.2) is 4.79 Å². The summed E-state index contributed by atoms with van der Waals surface area (Å²) in [5.41, 5.74) is 3.00. The van der Waals surface area contributed by atoms with Gasteiger partial charge in [-0.1, -0.05) is 0 Å². The average Bonchev–Trinajstić information content (AvgIpc) is 3.02. The number of nitrogens with zero attached hydrogens (tertiary/aromatic N) is 1. The van der Waals surface area contributed by atoms with Crippen LogP contribution in [0.25, 0.3) is 6.08 Å². The van der Waals surface area contributed by atoms with Crippen LogP contribution in [-0.4, -0.2) is 50.9 Å². The molecule has 0 saturated carbocycles. The van der Waals surface area contributed by atoms with Gasteiger partial charge in [-0.2, -0.15) is 0 Å². The molecule has 0 amide bonds. The second kappa shape index (κ2) is 10.5. The van der Waals surface area contributed by atoms with Gasteiger partial charge in [0.05, 0.1) is 20.8 Å². The van der Waals surface area contributed by atoms with Gasteiger partial charge in [-0.05, 0) is 44.2 Å². The number of methoxy groups -OCH3 is 3. The van der Waals surface area contributed by atoms with Crippen LogP contribution < -0.4 is 9.47 Å². The minimum Gasteiger partial charge on any atom is -0.497 e. The van der Waals surface area contributed by atoms with Crippen LogP contribution in [0.15, 0.2) is 30.3 Å². The maximum absolute atomic E-state index is 12.5. The van der Waals surface area contributed by atoms with Crippen molar-refractivity contribution < 1.29 is 28.5 Å². The lowest BCUT2D eigenvalue weighted by molar-refractivity contribution is -0.136. The van der Waals surface area contributed by atoms with Crippen molar-refractivity contribution in [3.05, 3.63) is 52.9 Å². The van der Waals surface area contributed by atoms with Gasteiger partial charge in [0.1, 0.15) is 11.5 Å². The number of hydrogen-bond acceptors (Lipinski definition) is 6. The number of carbonyl (C=O) groups excluding carboxylic acids is 2. The highest BCUT2D eigenvalue weighted by Crippen LogP contribution is 2.25. The number of hydrogen-bond donors (Lipinski definition) is 0. The molecule has 1 heterocycles.